The van der Waals surface area contributed by atoms with E-state index in [4.69, 9.17) is 16.3 Å². The van der Waals surface area contributed by atoms with Crippen LogP contribution < -0.4 is 26.0 Å². The first-order chi connectivity index (χ1) is 18.9. The molecule has 2 saturated heterocycles. The molecule has 10 heteroatoms. The number of benzene rings is 3. The summed E-state index contributed by atoms with van der Waals surface area (Å²) in [6, 6.07) is 22.7. The first kappa shape index (κ1) is 26.5. The summed E-state index contributed by atoms with van der Waals surface area (Å²) >= 11 is 6.24. The van der Waals surface area contributed by atoms with Gasteiger partial charge in [-0.2, -0.15) is 5.26 Å². The molecule has 2 aliphatic rings. The number of hydrogen-bond acceptors (Lipinski definition) is 7. The van der Waals surface area contributed by atoms with Gasteiger partial charge in [-0.05, 0) is 60.4 Å². The lowest BCUT2D eigenvalue weighted by atomic mass is 9.76. The van der Waals surface area contributed by atoms with Crippen LogP contribution in [0.3, 0.4) is 0 Å². The molecular weight excluding hydrogens is 518 g/mol. The summed E-state index contributed by atoms with van der Waals surface area (Å²) in [7, 11) is 0. The van der Waals surface area contributed by atoms with Crippen molar-refractivity contribution in [2.45, 2.75) is 24.8 Å². The number of amides is 1. The van der Waals surface area contributed by atoms with Crippen molar-refractivity contribution in [3.05, 3.63) is 83.4 Å². The van der Waals surface area contributed by atoms with Crippen molar-refractivity contribution in [2.75, 3.05) is 18.5 Å². The van der Waals surface area contributed by atoms with E-state index in [0.29, 0.717) is 41.5 Å². The van der Waals surface area contributed by atoms with Crippen LogP contribution in [0, 0.1) is 23.2 Å². The van der Waals surface area contributed by atoms with Gasteiger partial charge in [-0.25, -0.2) is 4.79 Å². The number of nitriles is 1. The molecule has 2 fully saturated rings. The number of nitrogens with one attached hydrogen (secondary N) is 4. The molecule has 0 saturated carbocycles. The van der Waals surface area contributed by atoms with Gasteiger partial charge in [0.2, 0.25) is 5.91 Å². The molecule has 200 valence electrons. The molecule has 5 unspecified atom stereocenters. The van der Waals surface area contributed by atoms with E-state index in [1.165, 1.54) is 6.07 Å². The van der Waals surface area contributed by atoms with Crippen LogP contribution in [0.2, 0.25) is 5.02 Å². The molecule has 2 aliphatic heterocycles. The molecule has 3 aromatic rings. The molecule has 0 aromatic heterocycles. The number of carbonyl (C=O) groups excluding carboxylic acids is 1. The Hall–Kier alpha value is -4.10. The van der Waals surface area contributed by atoms with Crippen molar-refractivity contribution in [1.29, 1.82) is 5.26 Å². The first-order valence-electron chi connectivity index (χ1n) is 12.7. The van der Waals surface area contributed by atoms with Crippen molar-refractivity contribution in [3.8, 4) is 22.9 Å². The highest BCUT2D eigenvalue weighted by Crippen LogP contribution is 2.34. The first-order valence-corrected chi connectivity index (χ1v) is 13.1. The largest absolute Gasteiger partial charge is 0.493 e. The molecule has 3 aromatic carbocycles. The summed E-state index contributed by atoms with van der Waals surface area (Å²) in [6.07, 6.45) is 0.0575. The standard InChI is InChI=1S/C29H28ClN5O4/c30-20-9-10-24(22(14-20)17-5-4-6-18(13-17)28(37)38)39-12-11-19-16-32-23(15-31)26-25(19)27(36)35-29(34-26)33-21-7-2-1-3-8-21/h1-10,13-14,19,23,25-26,29,32-34H,11-12,16H2,(H,35,36)(H,37,38). The van der Waals surface area contributed by atoms with Crippen LogP contribution in [0.4, 0.5) is 5.69 Å². The van der Waals surface area contributed by atoms with Crippen molar-refractivity contribution < 1.29 is 19.4 Å². The van der Waals surface area contributed by atoms with Crippen LogP contribution in [-0.2, 0) is 4.79 Å². The lowest BCUT2D eigenvalue weighted by molar-refractivity contribution is -0.133. The summed E-state index contributed by atoms with van der Waals surface area (Å²) < 4.78 is 6.15. The summed E-state index contributed by atoms with van der Waals surface area (Å²) in [5.41, 5.74) is 2.38. The Bertz CT molecular complexity index is 1400. The van der Waals surface area contributed by atoms with Gasteiger partial charge in [0.05, 0.1) is 30.2 Å². The zero-order chi connectivity index (χ0) is 27.4. The molecule has 5 N–H and O–H groups in total. The SMILES string of the molecule is N#CC1NCC(CCOc2ccc(Cl)cc2-c2cccc(C(=O)O)c2)C2C(=O)NC(Nc3ccccc3)NC12. The maximum absolute atomic E-state index is 13.3. The van der Waals surface area contributed by atoms with E-state index < -0.39 is 24.2 Å². The minimum Gasteiger partial charge on any atom is -0.493 e. The van der Waals surface area contributed by atoms with E-state index in [9.17, 15) is 20.0 Å². The van der Waals surface area contributed by atoms with Crippen molar-refractivity contribution in [3.63, 3.8) is 0 Å². The Balaban J connectivity index is 1.28. The average Bonchev–Trinajstić information content (AvgIpc) is 2.94. The Kier molecular flexibility index (Phi) is 7.98. The molecule has 9 nitrogen and oxygen atoms in total. The van der Waals surface area contributed by atoms with Gasteiger partial charge >= 0.3 is 5.97 Å². The summed E-state index contributed by atoms with van der Waals surface area (Å²) in [4.78, 5) is 24.7. The van der Waals surface area contributed by atoms with Gasteiger partial charge < -0.3 is 25.8 Å². The van der Waals surface area contributed by atoms with Gasteiger partial charge in [-0.1, -0.05) is 41.9 Å². The van der Waals surface area contributed by atoms with Crippen LogP contribution in [0.1, 0.15) is 16.8 Å². The molecule has 39 heavy (non-hydrogen) atoms. The molecule has 0 bridgehead atoms. The van der Waals surface area contributed by atoms with Crippen LogP contribution >= 0.6 is 11.6 Å². The second kappa shape index (κ2) is 11.7. The molecule has 1 amide bonds. The van der Waals surface area contributed by atoms with Gasteiger partial charge in [0, 0.05) is 22.8 Å². The van der Waals surface area contributed by atoms with Gasteiger partial charge in [0.25, 0.3) is 0 Å². The van der Waals surface area contributed by atoms with Gasteiger partial charge in [-0.15, -0.1) is 0 Å². The number of carbonyl (C=O) groups is 2. The number of rotatable bonds is 8. The molecule has 0 spiro atoms. The number of carboxylic acids is 1. The van der Waals surface area contributed by atoms with Crippen molar-refractivity contribution in [1.82, 2.24) is 16.0 Å². The summed E-state index contributed by atoms with van der Waals surface area (Å²) in [6.45, 7) is 0.821. The summed E-state index contributed by atoms with van der Waals surface area (Å²) in [5.74, 6) is -1.05. The second-order valence-electron chi connectivity index (χ2n) is 9.61. The highest BCUT2D eigenvalue weighted by Gasteiger charge is 2.47. The zero-order valence-electron chi connectivity index (χ0n) is 20.9. The van der Waals surface area contributed by atoms with Crippen molar-refractivity contribution in [2.24, 2.45) is 11.8 Å². The average molecular weight is 546 g/mol. The highest BCUT2D eigenvalue weighted by atomic mass is 35.5. The van der Waals surface area contributed by atoms with Crippen LogP contribution in [0.25, 0.3) is 11.1 Å². The van der Waals surface area contributed by atoms with Gasteiger partial charge in [0.15, 0.2) is 6.29 Å². The fourth-order valence-corrected chi connectivity index (χ4v) is 5.43. The number of halogens is 1. The smallest absolute Gasteiger partial charge is 0.335 e. The number of ether oxygens (including phenoxy) is 1. The molecular formula is C29H28ClN5O4. The Labute approximate surface area is 231 Å². The predicted molar refractivity (Wildman–Crippen MR) is 147 cm³/mol. The quantitative estimate of drug-likeness (QED) is 0.289. The lowest BCUT2D eigenvalue weighted by Gasteiger charge is -2.46. The topological polar surface area (TPSA) is 136 Å². The zero-order valence-corrected chi connectivity index (χ0v) is 21.7. The van der Waals surface area contributed by atoms with Crippen LogP contribution in [0.5, 0.6) is 5.75 Å². The predicted octanol–water partition coefficient (Wildman–Crippen LogP) is 3.69. The third-order valence-corrected chi connectivity index (χ3v) is 7.37. The Morgan fingerprint density at radius 2 is 1.95 bits per heavy atom. The van der Waals surface area contributed by atoms with E-state index in [1.54, 1.807) is 36.4 Å². The Morgan fingerprint density at radius 3 is 2.72 bits per heavy atom. The third-order valence-electron chi connectivity index (χ3n) is 7.13. The molecule has 5 rings (SSSR count). The molecule has 5 atom stereocenters. The van der Waals surface area contributed by atoms with E-state index in [0.717, 1.165) is 5.69 Å². The number of para-hydroxylation sites is 1. The number of anilines is 1. The number of nitrogens with zero attached hydrogens (tertiary/aromatic N) is 1. The normalized spacial score (nSPS) is 24.1. The van der Waals surface area contributed by atoms with E-state index in [-0.39, 0.29) is 23.4 Å². The van der Waals surface area contributed by atoms with Crippen LogP contribution in [-0.4, -0.2) is 48.5 Å². The number of piperidine rings is 1. The van der Waals surface area contributed by atoms with E-state index in [1.807, 2.05) is 30.3 Å². The highest BCUT2D eigenvalue weighted by molar-refractivity contribution is 6.31. The second-order valence-corrected chi connectivity index (χ2v) is 10.0. The maximum atomic E-state index is 13.3. The van der Waals surface area contributed by atoms with Gasteiger partial charge in [0.1, 0.15) is 11.8 Å². The molecule has 2 heterocycles. The maximum Gasteiger partial charge on any atom is 0.335 e. The molecule has 0 aliphatic carbocycles. The minimum atomic E-state index is -1.02. The van der Waals surface area contributed by atoms with E-state index in [2.05, 4.69) is 27.3 Å². The fourth-order valence-electron chi connectivity index (χ4n) is 5.26. The lowest BCUT2D eigenvalue weighted by Crippen LogP contribution is -2.72. The molecule has 0 radical (unpaired) electrons. The number of aromatic carboxylic acids is 1. The summed E-state index contributed by atoms with van der Waals surface area (Å²) in [5, 5.41) is 32.5. The van der Waals surface area contributed by atoms with Crippen molar-refractivity contribution >= 4 is 29.2 Å². The van der Waals surface area contributed by atoms with Crippen LogP contribution in [0.15, 0.2) is 72.8 Å². The number of carboxylic acid groups (broad SMARTS) is 1. The monoisotopic (exact) mass is 545 g/mol. The third kappa shape index (κ3) is 5.99. The fraction of sp³-hybridized carbons (Fsp3) is 0.276. The Morgan fingerprint density at radius 1 is 1.13 bits per heavy atom. The number of fused-ring (bicyclic) bond motifs is 1. The van der Waals surface area contributed by atoms with Gasteiger partial charge in [-0.3, -0.25) is 10.1 Å². The van der Waals surface area contributed by atoms with E-state index >= 15 is 0 Å². The number of hydrogen-bond donors (Lipinski definition) is 5. The minimum absolute atomic E-state index is 0.0733.